The monoisotopic (exact) mass is 293 g/mol. The molecule has 0 saturated carbocycles. The van der Waals surface area contributed by atoms with Gasteiger partial charge in [-0.2, -0.15) is 0 Å². The third kappa shape index (κ3) is 4.00. The number of aromatic amines is 1. The molecular weight excluding hydrogens is 270 g/mol. The quantitative estimate of drug-likeness (QED) is 0.858. The van der Waals surface area contributed by atoms with Gasteiger partial charge in [0.25, 0.3) is 0 Å². The average Bonchev–Trinajstić information content (AvgIpc) is 2.36. The molecule has 0 bridgehead atoms. The van der Waals surface area contributed by atoms with Crippen LogP contribution in [0, 0.1) is 0 Å². The number of hydrogen-bond donors (Lipinski definition) is 1. The minimum absolute atomic E-state index is 0.0253. The number of ether oxygens (including phenoxy) is 1. The molecule has 1 aliphatic rings. The summed E-state index contributed by atoms with van der Waals surface area (Å²) in [6, 6.07) is 5.12. The number of hydrogen-bond acceptors (Lipinski definition) is 4. The van der Waals surface area contributed by atoms with Crippen molar-refractivity contribution in [1.82, 2.24) is 9.88 Å². The Balaban J connectivity index is 2.02. The maximum Gasteiger partial charge on any atom is 0.410 e. The van der Waals surface area contributed by atoms with Gasteiger partial charge in [0.05, 0.1) is 0 Å². The fourth-order valence-electron chi connectivity index (χ4n) is 2.39. The highest BCUT2D eigenvalue weighted by Gasteiger charge is 2.31. The van der Waals surface area contributed by atoms with Crippen molar-refractivity contribution < 1.29 is 9.53 Å². The summed E-state index contributed by atoms with van der Waals surface area (Å²) in [6.45, 7) is 9.48. The first-order valence-electron chi connectivity index (χ1n) is 7.20. The van der Waals surface area contributed by atoms with Crippen molar-refractivity contribution in [3.63, 3.8) is 0 Å². The van der Waals surface area contributed by atoms with Crippen molar-refractivity contribution in [1.29, 1.82) is 0 Å². The van der Waals surface area contributed by atoms with Gasteiger partial charge >= 0.3 is 6.09 Å². The summed E-state index contributed by atoms with van der Waals surface area (Å²) in [7, 11) is 0. The van der Waals surface area contributed by atoms with Crippen LogP contribution >= 0.6 is 0 Å². The molecule has 116 valence electrons. The molecule has 6 heteroatoms. The molecule has 21 heavy (non-hydrogen) atoms. The topological polar surface area (TPSA) is 65.6 Å². The molecule has 1 aliphatic heterocycles. The molecule has 1 amide bonds. The van der Waals surface area contributed by atoms with E-state index in [4.69, 9.17) is 4.74 Å². The lowest BCUT2D eigenvalue weighted by molar-refractivity contribution is 0.0158. The Labute approximate surface area is 124 Å². The zero-order chi connectivity index (χ0) is 15.6. The number of H-pyrrole nitrogens is 1. The van der Waals surface area contributed by atoms with Gasteiger partial charge in [-0.15, -0.1) is 0 Å². The van der Waals surface area contributed by atoms with E-state index in [1.165, 1.54) is 6.07 Å². The third-order valence-corrected chi connectivity index (χ3v) is 3.35. The predicted octanol–water partition coefficient (Wildman–Crippen LogP) is 1.82. The minimum atomic E-state index is -0.487. The van der Waals surface area contributed by atoms with Crippen LogP contribution in [-0.4, -0.2) is 47.3 Å². The molecule has 0 aromatic carbocycles. The molecule has 1 fully saturated rings. The van der Waals surface area contributed by atoms with Gasteiger partial charge in [0.15, 0.2) is 0 Å². The van der Waals surface area contributed by atoms with Crippen molar-refractivity contribution in [2.45, 2.75) is 39.3 Å². The fourth-order valence-corrected chi connectivity index (χ4v) is 2.39. The van der Waals surface area contributed by atoms with Crippen LogP contribution in [0.15, 0.2) is 23.0 Å². The van der Waals surface area contributed by atoms with Crippen molar-refractivity contribution in [3.05, 3.63) is 28.6 Å². The molecule has 1 aromatic rings. The molecular formula is C15H23N3O3. The lowest BCUT2D eigenvalue weighted by atomic mass is 10.2. The number of carbonyl (C=O) groups is 1. The lowest BCUT2D eigenvalue weighted by Gasteiger charge is -2.40. The van der Waals surface area contributed by atoms with Gasteiger partial charge in [0.1, 0.15) is 11.4 Å². The highest BCUT2D eigenvalue weighted by molar-refractivity contribution is 5.69. The van der Waals surface area contributed by atoms with Crippen molar-refractivity contribution in [2.75, 3.05) is 24.5 Å². The summed E-state index contributed by atoms with van der Waals surface area (Å²) < 4.78 is 5.42. The summed E-state index contributed by atoms with van der Waals surface area (Å²) in [5.74, 6) is 0.790. The summed E-state index contributed by atoms with van der Waals surface area (Å²) in [4.78, 5) is 30.2. The Bertz CT molecular complexity index is 562. The largest absolute Gasteiger partial charge is 0.444 e. The van der Waals surface area contributed by atoms with Gasteiger partial charge in [-0.05, 0) is 33.8 Å². The number of piperazine rings is 1. The first kappa shape index (κ1) is 15.4. The number of aromatic nitrogens is 1. The molecule has 6 nitrogen and oxygen atoms in total. The number of carbonyl (C=O) groups excluding carboxylic acids is 1. The van der Waals surface area contributed by atoms with Gasteiger partial charge in [-0.1, -0.05) is 6.07 Å². The second-order valence-electron chi connectivity index (χ2n) is 6.37. The van der Waals surface area contributed by atoms with Crippen LogP contribution in [0.4, 0.5) is 10.6 Å². The zero-order valence-electron chi connectivity index (χ0n) is 13.0. The van der Waals surface area contributed by atoms with Crippen molar-refractivity contribution in [3.8, 4) is 0 Å². The Hall–Kier alpha value is -1.98. The van der Waals surface area contributed by atoms with Crippen LogP contribution in [0.25, 0.3) is 0 Å². The van der Waals surface area contributed by atoms with Gasteiger partial charge in [-0.25, -0.2) is 4.79 Å². The van der Waals surface area contributed by atoms with E-state index in [0.717, 1.165) is 5.82 Å². The number of amides is 1. The Morgan fingerprint density at radius 3 is 2.62 bits per heavy atom. The maximum atomic E-state index is 12.1. The molecule has 0 spiro atoms. The normalized spacial score (nSPS) is 19.5. The molecule has 1 saturated heterocycles. The Morgan fingerprint density at radius 2 is 2.05 bits per heavy atom. The SMILES string of the molecule is C[C@H]1CN(c2cccc(=O)[nH]2)CCN1C(=O)OC(C)(C)C. The van der Waals surface area contributed by atoms with Crippen LogP contribution in [0.5, 0.6) is 0 Å². The van der Waals surface area contributed by atoms with Crippen LogP contribution in [0.1, 0.15) is 27.7 Å². The van der Waals surface area contributed by atoms with E-state index in [9.17, 15) is 9.59 Å². The number of nitrogens with one attached hydrogen (secondary N) is 1. The first-order chi connectivity index (χ1) is 9.76. The Kier molecular flexibility index (Phi) is 4.25. The number of pyridine rings is 1. The highest BCUT2D eigenvalue weighted by atomic mass is 16.6. The molecule has 1 aromatic heterocycles. The summed E-state index contributed by atoms with van der Waals surface area (Å²) in [5, 5.41) is 0. The first-order valence-corrected chi connectivity index (χ1v) is 7.20. The third-order valence-electron chi connectivity index (χ3n) is 3.35. The second kappa shape index (κ2) is 5.79. The molecule has 0 aliphatic carbocycles. The molecule has 1 N–H and O–H groups in total. The molecule has 0 unspecified atom stereocenters. The summed E-state index contributed by atoms with van der Waals surface area (Å²) >= 11 is 0. The second-order valence-corrected chi connectivity index (χ2v) is 6.37. The van der Waals surface area contributed by atoms with E-state index in [0.29, 0.717) is 19.6 Å². The van der Waals surface area contributed by atoms with Gasteiger partial charge in [0.2, 0.25) is 5.56 Å². The van der Waals surface area contributed by atoms with E-state index in [2.05, 4.69) is 9.88 Å². The van der Waals surface area contributed by atoms with Crippen molar-refractivity contribution in [2.24, 2.45) is 0 Å². The summed E-state index contributed by atoms with van der Waals surface area (Å²) in [6.07, 6.45) is -0.281. The maximum absolute atomic E-state index is 12.1. The molecule has 0 radical (unpaired) electrons. The van der Waals surface area contributed by atoms with Crippen molar-refractivity contribution >= 4 is 11.9 Å². The number of anilines is 1. The van der Waals surface area contributed by atoms with Crippen LogP contribution in [-0.2, 0) is 4.74 Å². The van der Waals surface area contributed by atoms with E-state index in [1.807, 2.05) is 33.8 Å². The van der Waals surface area contributed by atoms with E-state index < -0.39 is 5.60 Å². The molecule has 2 rings (SSSR count). The van der Waals surface area contributed by atoms with Crippen LogP contribution < -0.4 is 10.5 Å². The predicted molar refractivity (Wildman–Crippen MR) is 81.7 cm³/mol. The van der Waals surface area contributed by atoms with Crippen LogP contribution in [0.2, 0.25) is 0 Å². The smallest absolute Gasteiger partial charge is 0.410 e. The minimum Gasteiger partial charge on any atom is -0.444 e. The van der Waals surface area contributed by atoms with Gasteiger partial charge < -0.3 is 19.5 Å². The average molecular weight is 293 g/mol. The van der Waals surface area contributed by atoms with E-state index >= 15 is 0 Å². The summed E-state index contributed by atoms with van der Waals surface area (Å²) in [5.41, 5.74) is -0.603. The van der Waals surface area contributed by atoms with Gasteiger partial charge in [-0.3, -0.25) is 4.79 Å². The lowest BCUT2D eigenvalue weighted by Crippen LogP contribution is -2.55. The molecule has 1 atom stereocenters. The van der Waals surface area contributed by atoms with E-state index in [1.54, 1.807) is 11.0 Å². The zero-order valence-corrected chi connectivity index (χ0v) is 13.0. The molecule has 2 heterocycles. The number of rotatable bonds is 1. The van der Waals surface area contributed by atoms with Gasteiger partial charge in [0, 0.05) is 31.7 Å². The van der Waals surface area contributed by atoms with E-state index in [-0.39, 0.29) is 17.7 Å². The number of nitrogens with zero attached hydrogens (tertiary/aromatic N) is 2. The fraction of sp³-hybridized carbons (Fsp3) is 0.600. The Morgan fingerprint density at radius 1 is 1.33 bits per heavy atom. The highest BCUT2D eigenvalue weighted by Crippen LogP contribution is 2.18. The standard InChI is InChI=1S/C15H23N3O3/c1-11-10-17(12-6-5-7-13(19)16-12)8-9-18(11)14(20)21-15(2,3)4/h5-7,11H,8-10H2,1-4H3,(H,16,19)/t11-/m0/s1. The van der Waals surface area contributed by atoms with Crippen LogP contribution in [0.3, 0.4) is 0 Å².